The molecule has 2 rings (SSSR count). The first-order chi connectivity index (χ1) is 9.85. The van der Waals surface area contributed by atoms with Gasteiger partial charge in [0.15, 0.2) is 0 Å². The molecule has 0 spiro atoms. The molecule has 0 aromatic heterocycles. The van der Waals surface area contributed by atoms with E-state index in [2.05, 4.69) is 24.1 Å². The van der Waals surface area contributed by atoms with E-state index in [4.69, 9.17) is 9.47 Å². The summed E-state index contributed by atoms with van der Waals surface area (Å²) in [6.07, 6.45) is 4.30. The van der Waals surface area contributed by atoms with Crippen LogP contribution in [0.25, 0.3) is 0 Å². The van der Waals surface area contributed by atoms with Gasteiger partial charge in [0.25, 0.3) is 0 Å². The van der Waals surface area contributed by atoms with Crippen molar-refractivity contribution in [1.82, 2.24) is 10.2 Å². The number of fused-ring (bicyclic) bond motifs is 1. The van der Waals surface area contributed by atoms with Gasteiger partial charge in [0, 0.05) is 38.9 Å². The van der Waals surface area contributed by atoms with Gasteiger partial charge in [-0.1, -0.05) is 6.42 Å². The zero-order chi connectivity index (χ0) is 14.2. The fourth-order valence-electron chi connectivity index (χ4n) is 3.75. The predicted octanol–water partition coefficient (Wildman–Crippen LogP) is 1.75. The summed E-state index contributed by atoms with van der Waals surface area (Å²) in [5, 5.41) is 3.75. The van der Waals surface area contributed by atoms with Gasteiger partial charge in [-0.2, -0.15) is 0 Å². The molecule has 1 N–H and O–H groups in total. The Kier molecular flexibility index (Phi) is 7.28. The second-order valence-corrected chi connectivity index (χ2v) is 6.06. The molecule has 1 aliphatic heterocycles. The van der Waals surface area contributed by atoms with Gasteiger partial charge >= 0.3 is 0 Å². The third-order valence-electron chi connectivity index (χ3n) is 4.84. The molecule has 4 nitrogen and oxygen atoms in total. The molecule has 0 amide bonds. The highest BCUT2D eigenvalue weighted by atomic mass is 16.5. The minimum atomic E-state index is 0.686. The largest absolute Gasteiger partial charge is 0.380 e. The lowest BCUT2D eigenvalue weighted by Crippen LogP contribution is -2.43. The molecule has 0 bridgehead atoms. The van der Waals surface area contributed by atoms with Gasteiger partial charge in [-0.15, -0.1) is 0 Å². The first-order valence-electron chi connectivity index (χ1n) is 8.46. The number of hydrogen-bond donors (Lipinski definition) is 1. The maximum atomic E-state index is 5.52. The zero-order valence-electron chi connectivity index (χ0n) is 13.3. The number of ether oxygens (including phenoxy) is 2. The van der Waals surface area contributed by atoms with Crippen molar-refractivity contribution < 1.29 is 9.47 Å². The van der Waals surface area contributed by atoms with E-state index in [1.807, 2.05) is 0 Å². The first kappa shape index (κ1) is 16.2. The van der Waals surface area contributed by atoms with Crippen molar-refractivity contribution in [1.29, 1.82) is 0 Å². The summed E-state index contributed by atoms with van der Waals surface area (Å²) < 4.78 is 11.0. The molecule has 3 unspecified atom stereocenters. The smallest absolute Gasteiger partial charge is 0.0593 e. The number of hydrogen-bond acceptors (Lipinski definition) is 4. The second-order valence-electron chi connectivity index (χ2n) is 6.06. The van der Waals surface area contributed by atoms with E-state index in [1.165, 1.54) is 25.8 Å². The van der Waals surface area contributed by atoms with Crippen LogP contribution in [-0.2, 0) is 9.47 Å². The summed E-state index contributed by atoms with van der Waals surface area (Å²) in [6.45, 7) is 11.9. The summed E-state index contributed by atoms with van der Waals surface area (Å²) in [5.74, 6) is 1.86. The van der Waals surface area contributed by atoms with Crippen LogP contribution in [0.1, 0.15) is 33.1 Å². The SMILES string of the molecule is CCOCCN(CCOCC)CC1NCC2CCCC21. The Hall–Kier alpha value is -0.160. The van der Waals surface area contributed by atoms with Crippen LogP contribution >= 0.6 is 0 Å². The van der Waals surface area contributed by atoms with Crippen LogP contribution in [0.15, 0.2) is 0 Å². The Morgan fingerprint density at radius 1 is 1.05 bits per heavy atom. The van der Waals surface area contributed by atoms with Gasteiger partial charge in [-0.25, -0.2) is 0 Å². The van der Waals surface area contributed by atoms with Crippen molar-refractivity contribution in [3.63, 3.8) is 0 Å². The molecule has 0 aromatic rings. The highest BCUT2D eigenvalue weighted by Gasteiger charge is 2.39. The van der Waals surface area contributed by atoms with Crippen molar-refractivity contribution in [3.05, 3.63) is 0 Å². The molecule has 1 heterocycles. The first-order valence-corrected chi connectivity index (χ1v) is 8.46. The topological polar surface area (TPSA) is 33.7 Å². The van der Waals surface area contributed by atoms with Crippen LogP contribution in [0.4, 0.5) is 0 Å². The van der Waals surface area contributed by atoms with Crippen molar-refractivity contribution in [3.8, 4) is 0 Å². The molecule has 0 radical (unpaired) electrons. The molecule has 1 saturated heterocycles. The third-order valence-corrected chi connectivity index (χ3v) is 4.84. The third kappa shape index (κ3) is 4.69. The summed E-state index contributed by atoms with van der Waals surface area (Å²) >= 11 is 0. The normalized spacial score (nSPS) is 29.2. The predicted molar refractivity (Wildman–Crippen MR) is 82.0 cm³/mol. The van der Waals surface area contributed by atoms with Crippen molar-refractivity contribution in [2.45, 2.75) is 39.2 Å². The molecule has 2 aliphatic rings. The second kappa shape index (κ2) is 8.98. The monoisotopic (exact) mass is 284 g/mol. The van der Waals surface area contributed by atoms with E-state index < -0.39 is 0 Å². The van der Waals surface area contributed by atoms with Gasteiger partial charge < -0.3 is 14.8 Å². The highest BCUT2D eigenvalue weighted by molar-refractivity contribution is 4.95. The van der Waals surface area contributed by atoms with Crippen LogP contribution in [0.3, 0.4) is 0 Å². The highest BCUT2D eigenvalue weighted by Crippen LogP contribution is 2.37. The van der Waals surface area contributed by atoms with Crippen molar-refractivity contribution in [2.75, 3.05) is 52.6 Å². The number of nitrogens with one attached hydrogen (secondary N) is 1. The summed E-state index contributed by atoms with van der Waals surface area (Å²) in [6, 6.07) is 0.686. The molecule has 118 valence electrons. The molecular formula is C16H32N2O2. The summed E-state index contributed by atoms with van der Waals surface area (Å²) in [4.78, 5) is 2.52. The van der Waals surface area contributed by atoms with Crippen molar-refractivity contribution in [2.24, 2.45) is 11.8 Å². The van der Waals surface area contributed by atoms with Gasteiger partial charge in [0.05, 0.1) is 13.2 Å². The van der Waals surface area contributed by atoms with Crippen LogP contribution in [0.2, 0.25) is 0 Å². The standard InChI is InChI=1S/C16H32N2O2/c1-3-19-10-8-18(9-11-20-4-2)13-16-15-7-5-6-14(15)12-17-16/h14-17H,3-13H2,1-2H3. The summed E-state index contributed by atoms with van der Waals surface area (Å²) in [7, 11) is 0. The maximum absolute atomic E-state index is 5.52. The lowest BCUT2D eigenvalue weighted by Gasteiger charge is -2.28. The Labute approximate surface area is 124 Å². The van der Waals surface area contributed by atoms with Crippen molar-refractivity contribution >= 4 is 0 Å². The van der Waals surface area contributed by atoms with Gasteiger partial charge in [-0.05, 0) is 45.1 Å². The van der Waals surface area contributed by atoms with Gasteiger partial charge in [-0.3, -0.25) is 4.90 Å². The molecule has 1 saturated carbocycles. The van der Waals surface area contributed by atoms with Crippen LogP contribution in [0, 0.1) is 11.8 Å². The lowest BCUT2D eigenvalue weighted by molar-refractivity contribution is 0.0766. The van der Waals surface area contributed by atoms with E-state index in [1.54, 1.807) is 0 Å². The van der Waals surface area contributed by atoms with E-state index >= 15 is 0 Å². The molecule has 1 aliphatic carbocycles. The summed E-state index contributed by atoms with van der Waals surface area (Å²) in [5.41, 5.74) is 0. The molecule has 2 fully saturated rings. The number of rotatable bonds is 10. The minimum absolute atomic E-state index is 0.686. The molecule has 3 atom stereocenters. The Morgan fingerprint density at radius 3 is 2.40 bits per heavy atom. The van der Waals surface area contributed by atoms with Crippen LogP contribution in [-0.4, -0.2) is 63.5 Å². The van der Waals surface area contributed by atoms with E-state index in [0.717, 1.165) is 57.9 Å². The Morgan fingerprint density at radius 2 is 1.75 bits per heavy atom. The minimum Gasteiger partial charge on any atom is -0.380 e. The average Bonchev–Trinajstić information content (AvgIpc) is 3.04. The molecule has 0 aromatic carbocycles. The van der Waals surface area contributed by atoms with Crippen LogP contribution in [0.5, 0.6) is 0 Å². The fraction of sp³-hybridized carbons (Fsp3) is 1.00. The quantitative estimate of drug-likeness (QED) is 0.620. The molecule has 20 heavy (non-hydrogen) atoms. The average molecular weight is 284 g/mol. The molecular weight excluding hydrogens is 252 g/mol. The van der Waals surface area contributed by atoms with Crippen LogP contribution < -0.4 is 5.32 Å². The van der Waals surface area contributed by atoms with Gasteiger partial charge in [0.1, 0.15) is 0 Å². The molecule has 4 heteroatoms. The zero-order valence-corrected chi connectivity index (χ0v) is 13.3. The number of nitrogens with zero attached hydrogens (tertiary/aromatic N) is 1. The van der Waals surface area contributed by atoms with Gasteiger partial charge in [0.2, 0.25) is 0 Å². The van der Waals surface area contributed by atoms with E-state index in [9.17, 15) is 0 Å². The fourth-order valence-corrected chi connectivity index (χ4v) is 3.75. The van der Waals surface area contributed by atoms with E-state index in [0.29, 0.717) is 6.04 Å². The maximum Gasteiger partial charge on any atom is 0.0593 e. The Balaban J connectivity index is 1.76. The lowest BCUT2D eigenvalue weighted by atomic mass is 9.94. The van der Waals surface area contributed by atoms with E-state index in [-0.39, 0.29) is 0 Å². The Bertz CT molecular complexity index is 253.